The Kier molecular flexibility index (Phi) is 3.49. The van der Waals surface area contributed by atoms with Crippen molar-refractivity contribution < 1.29 is 9.13 Å². The number of halogens is 1. The summed E-state index contributed by atoms with van der Waals surface area (Å²) < 4.78 is 19.2. The lowest BCUT2D eigenvalue weighted by atomic mass is 10.0. The first-order valence-corrected chi connectivity index (χ1v) is 6.35. The van der Waals surface area contributed by atoms with Gasteiger partial charge in [-0.1, -0.05) is 0 Å². The van der Waals surface area contributed by atoms with Gasteiger partial charge in [-0.2, -0.15) is 0 Å². The smallest absolute Gasteiger partial charge is 0.125 e. The number of anilines is 1. The summed E-state index contributed by atoms with van der Waals surface area (Å²) in [7, 11) is 0. The Balaban J connectivity index is 2.38. The Morgan fingerprint density at radius 1 is 1.53 bits per heavy atom. The van der Waals surface area contributed by atoms with E-state index in [0.717, 1.165) is 5.69 Å². The highest BCUT2D eigenvalue weighted by Crippen LogP contribution is 2.28. The number of morpholine rings is 1. The van der Waals surface area contributed by atoms with Crippen LogP contribution >= 0.6 is 0 Å². The van der Waals surface area contributed by atoms with Gasteiger partial charge in [0.25, 0.3) is 0 Å². The molecule has 1 unspecified atom stereocenters. The number of ether oxygens (including phenoxy) is 1. The molecule has 3 N–H and O–H groups in total. The fraction of sp³-hybridized carbons (Fsp3) is 0.500. The number of nitrogens with two attached hydrogens (primary N) is 1. The Morgan fingerprint density at radius 2 is 2.21 bits per heavy atom. The number of nitrogen functional groups attached to an aromatic ring is 1. The molecular formula is C14H20FN3O. The monoisotopic (exact) mass is 265 g/mol. The number of nitrogens with zero attached hydrogens (tertiary/aromatic N) is 1. The number of hydrogen-bond acceptors (Lipinski definition) is 3. The molecule has 0 amide bonds. The summed E-state index contributed by atoms with van der Waals surface area (Å²) in [5.74, 6) is -0.499. The van der Waals surface area contributed by atoms with Gasteiger partial charge in [0.1, 0.15) is 11.7 Å². The van der Waals surface area contributed by atoms with Gasteiger partial charge in [0.15, 0.2) is 0 Å². The van der Waals surface area contributed by atoms with E-state index < -0.39 is 0 Å². The van der Waals surface area contributed by atoms with E-state index in [2.05, 4.69) is 4.90 Å². The molecule has 0 radical (unpaired) electrons. The van der Waals surface area contributed by atoms with Gasteiger partial charge in [-0.25, -0.2) is 4.39 Å². The molecule has 1 atom stereocenters. The van der Waals surface area contributed by atoms with E-state index in [0.29, 0.717) is 18.7 Å². The summed E-state index contributed by atoms with van der Waals surface area (Å²) in [4.78, 5) is 2.10. The molecule has 1 aromatic rings. The summed E-state index contributed by atoms with van der Waals surface area (Å²) in [5.41, 5.74) is 6.50. The van der Waals surface area contributed by atoms with Gasteiger partial charge >= 0.3 is 0 Å². The van der Waals surface area contributed by atoms with E-state index in [1.807, 2.05) is 20.8 Å². The minimum absolute atomic E-state index is 0.0774. The highest BCUT2D eigenvalue weighted by Gasteiger charge is 2.32. The Hall–Kier alpha value is -1.62. The van der Waals surface area contributed by atoms with E-state index in [1.54, 1.807) is 6.07 Å². The molecule has 0 aliphatic carbocycles. The van der Waals surface area contributed by atoms with Crippen LogP contribution in [0, 0.1) is 11.2 Å². The minimum atomic E-state index is -0.380. The quantitative estimate of drug-likeness (QED) is 0.636. The lowest BCUT2D eigenvalue weighted by Crippen LogP contribution is -2.52. The summed E-state index contributed by atoms with van der Waals surface area (Å²) >= 11 is 0. The maximum absolute atomic E-state index is 13.3. The first-order chi connectivity index (χ1) is 8.78. The van der Waals surface area contributed by atoms with Crippen LogP contribution in [0.15, 0.2) is 18.2 Å². The second kappa shape index (κ2) is 4.81. The first kappa shape index (κ1) is 13.8. The molecule has 0 aromatic heterocycles. The number of nitrogens with one attached hydrogen (secondary N) is 1. The second-order valence-electron chi connectivity index (χ2n) is 5.64. The molecule has 19 heavy (non-hydrogen) atoms. The van der Waals surface area contributed by atoms with Crippen molar-refractivity contribution in [2.75, 3.05) is 18.0 Å². The molecule has 1 aromatic carbocycles. The zero-order valence-corrected chi connectivity index (χ0v) is 11.5. The molecule has 0 spiro atoms. The number of amidine groups is 1. The molecule has 1 fully saturated rings. The predicted molar refractivity (Wildman–Crippen MR) is 74.3 cm³/mol. The van der Waals surface area contributed by atoms with Crippen molar-refractivity contribution in [3.8, 4) is 0 Å². The Labute approximate surface area is 112 Å². The summed E-state index contributed by atoms with van der Waals surface area (Å²) in [6, 6.07) is 4.39. The molecule has 1 heterocycles. The SMILES string of the molecule is CC1CN(c2ccc(F)cc2C(=N)N)CC(C)(C)O1. The first-order valence-electron chi connectivity index (χ1n) is 6.35. The molecule has 0 saturated carbocycles. The molecule has 2 rings (SSSR count). The van der Waals surface area contributed by atoms with Crippen LogP contribution in [-0.2, 0) is 4.74 Å². The normalized spacial score (nSPS) is 22.3. The van der Waals surface area contributed by atoms with Crippen molar-refractivity contribution in [3.05, 3.63) is 29.6 Å². The van der Waals surface area contributed by atoms with Crippen molar-refractivity contribution >= 4 is 11.5 Å². The van der Waals surface area contributed by atoms with Crippen LogP contribution in [0.25, 0.3) is 0 Å². The molecule has 5 heteroatoms. The van der Waals surface area contributed by atoms with Crippen molar-refractivity contribution in [2.24, 2.45) is 5.73 Å². The topological polar surface area (TPSA) is 62.3 Å². The average Bonchev–Trinajstić information content (AvgIpc) is 2.25. The molecule has 104 valence electrons. The van der Waals surface area contributed by atoms with Gasteiger partial charge in [0.2, 0.25) is 0 Å². The van der Waals surface area contributed by atoms with Crippen molar-refractivity contribution in [1.29, 1.82) is 5.41 Å². The van der Waals surface area contributed by atoms with Gasteiger partial charge in [-0.15, -0.1) is 0 Å². The Morgan fingerprint density at radius 3 is 2.79 bits per heavy atom. The maximum Gasteiger partial charge on any atom is 0.125 e. The number of benzene rings is 1. The summed E-state index contributed by atoms with van der Waals surface area (Å²) in [6.07, 6.45) is 0.0774. The molecule has 4 nitrogen and oxygen atoms in total. The molecule has 0 bridgehead atoms. The lowest BCUT2D eigenvalue weighted by Gasteiger charge is -2.43. The van der Waals surface area contributed by atoms with Crippen LogP contribution < -0.4 is 10.6 Å². The predicted octanol–water partition coefficient (Wildman–Crippen LogP) is 2.11. The number of rotatable bonds is 2. The largest absolute Gasteiger partial charge is 0.384 e. The van der Waals surface area contributed by atoms with Crippen LogP contribution in [0.5, 0.6) is 0 Å². The minimum Gasteiger partial charge on any atom is -0.384 e. The van der Waals surface area contributed by atoms with E-state index in [4.69, 9.17) is 15.9 Å². The van der Waals surface area contributed by atoms with E-state index in [1.165, 1.54) is 12.1 Å². The van der Waals surface area contributed by atoms with Gasteiger partial charge in [0, 0.05) is 24.3 Å². The summed E-state index contributed by atoms with van der Waals surface area (Å²) in [6.45, 7) is 7.43. The molecular weight excluding hydrogens is 245 g/mol. The van der Waals surface area contributed by atoms with Crippen LogP contribution in [0.4, 0.5) is 10.1 Å². The van der Waals surface area contributed by atoms with Crippen molar-refractivity contribution in [2.45, 2.75) is 32.5 Å². The zero-order chi connectivity index (χ0) is 14.2. The van der Waals surface area contributed by atoms with Gasteiger partial charge < -0.3 is 15.4 Å². The van der Waals surface area contributed by atoms with E-state index in [9.17, 15) is 4.39 Å². The maximum atomic E-state index is 13.3. The Bertz CT molecular complexity index is 501. The van der Waals surface area contributed by atoms with Crippen LogP contribution in [-0.4, -0.2) is 30.6 Å². The molecule has 1 aliphatic rings. The van der Waals surface area contributed by atoms with Crippen LogP contribution in [0.2, 0.25) is 0 Å². The van der Waals surface area contributed by atoms with Crippen molar-refractivity contribution in [3.63, 3.8) is 0 Å². The van der Waals surface area contributed by atoms with Gasteiger partial charge in [-0.05, 0) is 39.0 Å². The highest BCUT2D eigenvalue weighted by atomic mass is 19.1. The third-order valence-corrected chi connectivity index (χ3v) is 3.16. The van der Waals surface area contributed by atoms with Crippen LogP contribution in [0.3, 0.4) is 0 Å². The molecule has 1 saturated heterocycles. The third kappa shape index (κ3) is 3.04. The second-order valence-corrected chi connectivity index (χ2v) is 5.64. The average molecular weight is 265 g/mol. The van der Waals surface area contributed by atoms with E-state index in [-0.39, 0.29) is 23.4 Å². The van der Waals surface area contributed by atoms with E-state index >= 15 is 0 Å². The van der Waals surface area contributed by atoms with Crippen molar-refractivity contribution in [1.82, 2.24) is 0 Å². The van der Waals surface area contributed by atoms with Gasteiger partial charge in [0.05, 0.1) is 11.7 Å². The highest BCUT2D eigenvalue weighted by molar-refractivity contribution is 6.00. The standard InChI is InChI=1S/C14H20FN3O/c1-9-7-18(8-14(2,3)19-9)12-5-4-10(15)6-11(12)13(16)17/h4-6,9H,7-8H2,1-3H3,(H3,16,17). The summed E-state index contributed by atoms with van der Waals surface area (Å²) in [5, 5.41) is 7.59. The number of hydrogen-bond donors (Lipinski definition) is 2. The molecule has 1 aliphatic heterocycles. The van der Waals surface area contributed by atoms with Gasteiger partial charge in [-0.3, -0.25) is 5.41 Å². The lowest BCUT2D eigenvalue weighted by molar-refractivity contribution is -0.0749. The fourth-order valence-corrected chi connectivity index (χ4v) is 2.64. The fourth-order valence-electron chi connectivity index (χ4n) is 2.64. The zero-order valence-electron chi connectivity index (χ0n) is 11.5. The van der Waals surface area contributed by atoms with Crippen LogP contribution in [0.1, 0.15) is 26.3 Å². The third-order valence-electron chi connectivity index (χ3n) is 3.16.